The number of carbonyl (C=O) groups is 2. The number of anilines is 1. The van der Waals surface area contributed by atoms with Crippen molar-refractivity contribution in [3.05, 3.63) is 53.1 Å². The number of ether oxygens (including phenoxy) is 2. The van der Waals surface area contributed by atoms with Crippen molar-refractivity contribution in [2.45, 2.75) is 19.3 Å². The molecule has 0 saturated heterocycles. The van der Waals surface area contributed by atoms with Gasteiger partial charge in [-0.05, 0) is 54.7 Å². The summed E-state index contributed by atoms with van der Waals surface area (Å²) in [6, 6.07) is 10.6. The minimum Gasteiger partial charge on any atom is -0.497 e. The molecule has 0 heterocycles. The zero-order valence-electron chi connectivity index (χ0n) is 14.0. The molecule has 3 rings (SSSR count). The molecule has 0 saturated carbocycles. The number of carbonyl (C=O) groups excluding carboxylic acids is 2. The van der Waals surface area contributed by atoms with Crippen molar-refractivity contribution in [3.63, 3.8) is 0 Å². The summed E-state index contributed by atoms with van der Waals surface area (Å²) >= 11 is 0. The van der Waals surface area contributed by atoms with Crippen molar-refractivity contribution in [1.82, 2.24) is 0 Å². The molecule has 0 bridgehead atoms. The third kappa shape index (κ3) is 3.91. The molecule has 3 N–H and O–H groups in total. The van der Waals surface area contributed by atoms with Gasteiger partial charge in [0.05, 0.1) is 12.7 Å². The summed E-state index contributed by atoms with van der Waals surface area (Å²) in [5.74, 6) is -0.206. The Morgan fingerprint density at radius 3 is 2.68 bits per heavy atom. The van der Waals surface area contributed by atoms with Crippen molar-refractivity contribution in [2.24, 2.45) is 5.73 Å². The maximum Gasteiger partial charge on any atom is 0.262 e. The summed E-state index contributed by atoms with van der Waals surface area (Å²) in [7, 11) is 1.50. The minimum atomic E-state index is -0.628. The van der Waals surface area contributed by atoms with Gasteiger partial charge in [0.1, 0.15) is 11.5 Å². The van der Waals surface area contributed by atoms with Crippen LogP contribution in [0, 0.1) is 0 Å². The van der Waals surface area contributed by atoms with Crippen molar-refractivity contribution >= 4 is 17.5 Å². The normalized spacial score (nSPS) is 12.4. The number of rotatable bonds is 6. The predicted molar refractivity (Wildman–Crippen MR) is 94.1 cm³/mol. The van der Waals surface area contributed by atoms with E-state index < -0.39 is 5.91 Å². The molecule has 2 aromatic rings. The molecule has 0 spiro atoms. The SMILES string of the molecule is COc1ccc(C(N)=O)c(OCC(=O)Nc2ccc3c(c2)CCC3)c1. The first-order chi connectivity index (χ1) is 12.1. The van der Waals surface area contributed by atoms with E-state index in [1.165, 1.54) is 30.4 Å². The third-order valence-corrected chi connectivity index (χ3v) is 4.20. The number of nitrogens with one attached hydrogen (secondary N) is 1. The molecule has 0 radical (unpaired) electrons. The average Bonchev–Trinajstić information content (AvgIpc) is 3.07. The molecule has 6 heteroatoms. The molecule has 0 aromatic heterocycles. The van der Waals surface area contributed by atoms with E-state index in [2.05, 4.69) is 5.32 Å². The van der Waals surface area contributed by atoms with Gasteiger partial charge in [-0.3, -0.25) is 9.59 Å². The maximum absolute atomic E-state index is 12.1. The van der Waals surface area contributed by atoms with Crippen LogP contribution in [0.15, 0.2) is 36.4 Å². The molecule has 0 unspecified atom stereocenters. The summed E-state index contributed by atoms with van der Waals surface area (Å²) in [6.07, 6.45) is 3.29. The molecule has 0 atom stereocenters. The number of primary amides is 1. The highest BCUT2D eigenvalue weighted by atomic mass is 16.5. The van der Waals surface area contributed by atoms with Gasteiger partial charge in [0.25, 0.3) is 11.8 Å². The van der Waals surface area contributed by atoms with Crippen LogP contribution >= 0.6 is 0 Å². The Kier molecular flexibility index (Phi) is 4.88. The van der Waals surface area contributed by atoms with Gasteiger partial charge >= 0.3 is 0 Å². The highest BCUT2D eigenvalue weighted by Crippen LogP contribution is 2.26. The van der Waals surface area contributed by atoms with E-state index in [0.29, 0.717) is 5.75 Å². The first-order valence-corrected chi connectivity index (χ1v) is 8.09. The Morgan fingerprint density at radius 1 is 1.12 bits per heavy atom. The van der Waals surface area contributed by atoms with Crippen LogP contribution in [0.5, 0.6) is 11.5 Å². The molecule has 0 fully saturated rings. The second-order valence-electron chi connectivity index (χ2n) is 5.90. The third-order valence-electron chi connectivity index (χ3n) is 4.20. The van der Waals surface area contributed by atoms with Crippen molar-refractivity contribution in [1.29, 1.82) is 0 Å². The second kappa shape index (κ2) is 7.25. The Bertz CT molecular complexity index is 817. The van der Waals surface area contributed by atoms with E-state index in [4.69, 9.17) is 15.2 Å². The lowest BCUT2D eigenvalue weighted by atomic mass is 10.1. The van der Waals surface area contributed by atoms with Crippen molar-refractivity contribution in [2.75, 3.05) is 19.0 Å². The van der Waals surface area contributed by atoms with E-state index in [-0.39, 0.29) is 23.8 Å². The fraction of sp³-hybridized carbons (Fsp3) is 0.263. The number of amides is 2. The van der Waals surface area contributed by atoms with Crippen LogP contribution in [-0.2, 0) is 17.6 Å². The quantitative estimate of drug-likeness (QED) is 0.844. The smallest absolute Gasteiger partial charge is 0.262 e. The molecule has 2 amide bonds. The van der Waals surface area contributed by atoms with Gasteiger partial charge in [-0.15, -0.1) is 0 Å². The number of fused-ring (bicyclic) bond motifs is 1. The lowest BCUT2D eigenvalue weighted by Gasteiger charge is -2.12. The molecule has 6 nitrogen and oxygen atoms in total. The predicted octanol–water partition coefficient (Wildman–Crippen LogP) is 2.30. The molecule has 1 aliphatic rings. The second-order valence-corrected chi connectivity index (χ2v) is 5.90. The fourth-order valence-electron chi connectivity index (χ4n) is 2.94. The fourth-order valence-corrected chi connectivity index (χ4v) is 2.94. The van der Waals surface area contributed by atoms with Crippen LogP contribution < -0.4 is 20.5 Å². The van der Waals surface area contributed by atoms with Gasteiger partial charge < -0.3 is 20.5 Å². The van der Waals surface area contributed by atoms with Gasteiger partial charge in [0, 0.05) is 11.8 Å². The maximum atomic E-state index is 12.1. The molecule has 130 valence electrons. The average molecular weight is 340 g/mol. The standard InChI is InChI=1S/C19H20N2O4/c1-24-15-7-8-16(19(20)23)17(10-15)25-11-18(22)21-14-6-5-12-3-2-4-13(12)9-14/h5-10H,2-4,11H2,1H3,(H2,20,23)(H,21,22). The molecular weight excluding hydrogens is 320 g/mol. The van der Waals surface area contributed by atoms with E-state index in [1.54, 1.807) is 6.07 Å². The van der Waals surface area contributed by atoms with E-state index >= 15 is 0 Å². The first kappa shape index (κ1) is 16.8. The Morgan fingerprint density at radius 2 is 1.92 bits per heavy atom. The van der Waals surface area contributed by atoms with Crippen molar-refractivity contribution in [3.8, 4) is 11.5 Å². The highest BCUT2D eigenvalue weighted by Gasteiger charge is 2.14. The van der Waals surface area contributed by atoms with E-state index in [0.717, 1.165) is 24.9 Å². The van der Waals surface area contributed by atoms with Gasteiger partial charge in [0.15, 0.2) is 6.61 Å². The minimum absolute atomic E-state index is 0.200. The van der Waals surface area contributed by atoms with Crippen molar-refractivity contribution < 1.29 is 19.1 Å². The van der Waals surface area contributed by atoms with E-state index in [1.807, 2.05) is 18.2 Å². The molecule has 2 aromatic carbocycles. The van der Waals surface area contributed by atoms with Gasteiger partial charge in [-0.1, -0.05) is 6.07 Å². The van der Waals surface area contributed by atoms with Gasteiger partial charge in [-0.25, -0.2) is 0 Å². The topological polar surface area (TPSA) is 90.7 Å². The van der Waals surface area contributed by atoms with Crippen LogP contribution in [0.25, 0.3) is 0 Å². The number of benzene rings is 2. The largest absolute Gasteiger partial charge is 0.497 e. The molecule has 1 aliphatic carbocycles. The Balaban J connectivity index is 1.65. The molecular formula is C19H20N2O4. The zero-order valence-corrected chi connectivity index (χ0v) is 14.0. The van der Waals surface area contributed by atoms with Crippen LogP contribution in [0.4, 0.5) is 5.69 Å². The number of nitrogens with two attached hydrogens (primary N) is 1. The monoisotopic (exact) mass is 340 g/mol. The van der Waals surface area contributed by atoms with Crippen LogP contribution in [0.2, 0.25) is 0 Å². The first-order valence-electron chi connectivity index (χ1n) is 8.09. The van der Waals surface area contributed by atoms with Crippen LogP contribution in [0.1, 0.15) is 27.9 Å². The lowest BCUT2D eigenvalue weighted by molar-refractivity contribution is -0.118. The zero-order chi connectivity index (χ0) is 17.8. The van der Waals surface area contributed by atoms with Gasteiger partial charge in [0.2, 0.25) is 0 Å². The van der Waals surface area contributed by atoms with Gasteiger partial charge in [-0.2, -0.15) is 0 Å². The number of methoxy groups -OCH3 is 1. The van der Waals surface area contributed by atoms with E-state index in [9.17, 15) is 9.59 Å². The molecule has 0 aliphatic heterocycles. The number of hydrogen-bond donors (Lipinski definition) is 2. The Hall–Kier alpha value is -3.02. The van der Waals surface area contributed by atoms with Crippen LogP contribution in [-0.4, -0.2) is 25.5 Å². The summed E-state index contributed by atoms with van der Waals surface area (Å²) in [4.78, 5) is 23.6. The molecule has 25 heavy (non-hydrogen) atoms. The number of hydrogen-bond acceptors (Lipinski definition) is 4. The summed E-state index contributed by atoms with van der Waals surface area (Å²) in [5.41, 5.74) is 8.90. The number of aryl methyl sites for hydroxylation is 2. The summed E-state index contributed by atoms with van der Waals surface area (Å²) in [5, 5.41) is 2.81. The summed E-state index contributed by atoms with van der Waals surface area (Å²) in [6.45, 7) is -0.232. The van der Waals surface area contributed by atoms with Crippen LogP contribution in [0.3, 0.4) is 0 Å². The Labute approximate surface area is 145 Å². The summed E-state index contributed by atoms with van der Waals surface area (Å²) < 4.78 is 10.6. The highest BCUT2D eigenvalue weighted by molar-refractivity contribution is 5.96. The lowest BCUT2D eigenvalue weighted by Crippen LogP contribution is -2.21.